The molecule has 1 atom stereocenters. The molecule has 21 heavy (non-hydrogen) atoms. The monoisotopic (exact) mass is 289 g/mol. The van der Waals surface area contributed by atoms with E-state index in [1.165, 1.54) is 0 Å². The Bertz CT molecular complexity index is 569. The minimum atomic E-state index is -1.19. The first kappa shape index (κ1) is 15.1. The number of aliphatic hydroxyl groups is 1. The van der Waals surface area contributed by atoms with Gasteiger partial charge in [-0.05, 0) is 24.1 Å². The van der Waals surface area contributed by atoms with Crippen molar-refractivity contribution >= 4 is 5.91 Å². The predicted octanol–water partition coefficient (Wildman–Crippen LogP) is 1.13. The molecule has 1 heterocycles. The molecule has 0 saturated carbocycles. The third-order valence-electron chi connectivity index (χ3n) is 3.11. The van der Waals surface area contributed by atoms with E-state index in [4.69, 9.17) is 4.74 Å². The quantitative estimate of drug-likeness (QED) is 0.749. The summed E-state index contributed by atoms with van der Waals surface area (Å²) < 4.78 is 7.01. The lowest BCUT2D eigenvalue weighted by Gasteiger charge is -2.12. The van der Waals surface area contributed by atoms with Gasteiger partial charge < -0.3 is 19.7 Å². The molecule has 1 aromatic carbocycles. The maximum Gasteiger partial charge on any atom is 0.253 e. The second kappa shape index (κ2) is 7.44. The van der Waals surface area contributed by atoms with Crippen molar-refractivity contribution in [3.05, 3.63) is 48.5 Å². The summed E-state index contributed by atoms with van der Waals surface area (Å²) in [6.07, 6.45) is 4.89. The highest BCUT2D eigenvalue weighted by atomic mass is 16.5. The van der Waals surface area contributed by atoms with Crippen LogP contribution in [0, 0.1) is 0 Å². The molecule has 1 amide bonds. The summed E-state index contributed by atoms with van der Waals surface area (Å²) in [7, 11) is 1.54. The summed E-state index contributed by atoms with van der Waals surface area (Å²) in [5, 5.41) is 12.7. The zero-order valence-electron chi connectivity index (χ0n) is 11.9. The van der Waals surface area contributed by atoms with Crippen molar-refractivity contribution in [2.45, 2.75) is 19.1 Å². The van der Waals surface area contributed by atoms with Gasteiger partial charge in [-0.25, -0.2) is 4.98 Å². The maximum atomic E-state index is 11.9. The van der Waals surface area contributed by atoms with Gasteiger partial charge in [-0.2, -0.15) is 0 Å². The predicted molar refractivity (Wildman–Crippen MR) is 77.8 cm³/mol. The fraction of sp³-hybridized carbons (Fsp3) is 0.333. The number of ether oxygens (including phenoxy) is 1. The van der Waals surface area contributed by atoms with Gasteiger partial charge >= 0.3 is 0 Å². The Morgan fingerprint density at radius 1 is 1.52 bits per heavy atom. The van der Waals surface area contributed by atoms with Crippen LogP contribution in [0.3, 0.4) is 0 Å². The number of imidazole rings is 1. The lowest BCUT2D eigenvalue weighted by atomic mass is 10.1. The molecule has 2 aromatic rings. The van der Waals surface area contributed by atoms with Crippen LogP contribution >= 0.6 is 0 Å². The standard InChI is InChI=1S/C15H19N3O3/c1-21-13-5-2-4-12(10-13)14(19)15(20)17-6-3-8-18-9-7-16-11-18/h2,4-5,7,9-11,14,19H,3,6,8H2,1H3,(H,17,20). The van der Waals surface area contributed by atoms with Crippen LogP contribution in [0.2, 0.25) is 0 Å². The molecular formula is C15H19N3O3. The van der Waals surface area contributed by atoms with E-state index in [-0.39, 0.29) is 0 Å². The molecular weight excluding hydrogens is 270 g/mol. The largest absolute Gasteiger partial charge is 0.497 e. The number of aromatic nitrogens is 2. The van der Waals surface area contributed by atoms with Crippen LogP contribution in [0.4, 0.5) is 0 Å². The molecule has 0 bridgehead atoms. The molecule has 6 heteroatoms. The molecule has 2 N–H and O–H groups in total. The molecule has 0 aliphatic carbocycles. The highest BCUT2D eigenvalue weighted by Gasteiger charge is 2.17. The van der Waals surface area contributed by atoms with Gasteiger partial charge in [0.15, 0.2) is 6.10 Å². The summed E-state index contributed by atoms with van der Waals surface area (Å²) in [5.41, 5.74) is 0.515. The van der Waals surface area contributed by atoms with E-state index in [9.17, 15) is 9.90 Å². The average molecular weight is 289 g/mol. The van der Waals surface area contributed by atoms with Gasteiger partial charge in [0, 0.05) is 25.5 Å². The fourth-order valence-electron chi connectivity index (χ4n) is 1.95. The number of nitrogens with one attached hydrogen (secondary N) is 1. The number of rotatable bonds is 7. The zero-order valence-corrected chi connectivity index (χ0v) is 11.9. The summed E-state index contributed by atoms with van der Waals surface area (Å²) in [5.74, 6) is 0.202. The van der Waals surface area contributed by atoms with Crippen LogP contribution in [0.25, 0.3) is 0 Å². The van der Waals surface area contributed by atoms with Crippen molar-refractivity contribution < 1.29 is 14.6 Å². The number of carbonyl (C=O) groups excluding carboxylic acids is 1. The summed E-state index contributed by atoms with van der Waals surface area (Å²) in [6, 6.07) is 6.84. The Hall–Kier alpha value is -2.34. The molecule has 0 aliphatic heterocycles. The van der Waals surface area contributed by atoms with Gasteiger partial charge in [-0.1, -0.05) is 12.1 Å². The Morgan fingerprint density at radius 3 is 3.10 bits per heavy atom. The van der Waals surface area contributed by atoms with Crippen LogP contribution in [0.5, 0.6) is 5.75 Å². The van der Waals surface area contributed by atoms with E-state index in [2.05, 4.69) is 10.3 Å². The van der Waals surface area contributed by atoms with Crippen LogP contribution in [-0.2, 0) is 11.3 Å². The first-order chi connectivity index (χ1) is 10.2. The van der Waals surface area contributed by atoms with Gasteiger partial charge in [0.1, 0.15) is 5.75 Å². The molecule has 0 aliphatic rings. The minimum absolute atomic E-state index is 0.408. The Balaban J connectivity index is 1.79. The molecule has 6 nitrogen and oxygen atoms in total. The van der Waals surface area contributed by atoms with Crippen molar-refractivity contribution in [3.8, 4) is 5.75 Å². The summed E-state index contributed by atoms with van der Waals surface area (Å²) in [6.45, 7) is 1.27. The Labute approximate surface area is 123 Å². The van der Waals surface area contributed by atoms with Crippen LogP contribution in [0.1, 0.15) is 18.1 Å². The van der Waals surface area contributed by atoms with Gasteiger partial charge in [0.2, 0.25) is 0 Å². The molecule has 112 valence electrons. The second-order valence-corrected chi connectivity index (χ2v) is 4.62. The summed E-state index contributed by atoms with van der Waals surface area (Å²) in [4.78, 5) is 15.8. The lowest BCUT2D eigenvalue weighted by molar-refractivity contribution is -0.129. The Morgan fingerprint density at radius 2 is 2.38 bits per heavy atom. The van der Waals surface area contributed by atoms with Crippen molar-refractivity contribution in [1.29, 1.82) is 0 Å². The first-order valence-electron chi connectivity index (χ1n) is 6.76. The lowest BCUT2D eigenvalue weighted by Crippen LogP contribution is -2.30. The first-order valence-corrected chi connectivity index (χ1v) is 6.76. The van der Waals surface area contributed by atoms with E-state index in [1.54, 1.807) is 43.9 Å². The summed E-state index contributed by atoms with van der Waals surface area (Å²) >= 11 is 0. The minimum Gasteiger partial charge on any atom is -0.497 e. The number of benzene rings is 1. The number of hydrogen-bond acceptors (Lipinski definition) is 4. The molecule has 0 spiro atoms. The van der Waals surface area contributed by atoms with Crippen molar-refractivity contribution in [2.24, 2.45) is 0 Å². The van der Waals surface area contributed by atoms with E-state index in [1.807, 2.05) is 10.8 Å². The van der Waals surface area contributed by atoms with Crippen LogP contribution in [0.15, 0.2) is 43.0 Å². The van der Waals surface area contributed by atoms with E-state index in [0.29, 0.717) is 17.9 Å². The van der Waals surface area contributed by atoms with Gasteiger partial charge in [0.05, 0.1) is 13.4 Å². The van der Waals surface area contributed by atoms with E-state index < -0.39 is 12.0 Å². The molecule has 2 rings (SSSR count). The molecule has 0 fully saturated rings. The zero-order chi connectivity index (χ0) is 15.1. The topological polar surface area (TPSA) is 76.4 Å². The number of methoxy groups -OCH3 is 1. The average Bonchev–Trinajstić information content (AvgIpc) is 3.04. The number of hydrogen-bond donors (Lipinski definition) is 2. The highest BCUT2D eigenvalue weighted by Crippen LogP contribution is 2.19. The fourth-order valence-corrected chi connectivity index (χ4v) is 1.95. The normalized spacial score (nSPS) is 11.9. The van der Waals surface area contributed by atoms with Crippen molar-refractivity contribution in [1.82, 2.24) is 14.9 Å². The van der Waals surface area contributed by atoms with E-state index in [0.717, 1.165) is 13.0 Å². The van der Waals surface area contributed by atoms with Crippen LogP contribution < -0.4 is 10.1 Å². The van der Waals surface area contributed by atoms with Gasteiger partial charge in [-0.15, -0.1) is 0 Å². The van der Waals surface area contributed by atoms with Gasteiger partial charge in [0.25, 0.3) is 5.91 Å². The number of aryl methyl sites for hydroxylation is 1. The third kappa shape index (κ3) is 4.32. The second-order valence-electron chi connectivity index (χ2n) is 4.62. The maximum absolute atomic E-state index is 11.9. The van der Waals surface area contributed by atoms with Gasteiger partial charge in [-0.3, -0.25) is 4.79 Å². The van der Waals surface area contributed by atoms with Crippen molar-refractivity contribution in [2.75, 3.05) is 13.7 Å². The molecule has 0 radical (unpaired) electrons. The third-order valence-corrected chi connectivity index (χ3v) is 3.11. The van der Waals surface area contributed by atoms with E-state index >= 15 is 0 Å². The van der Waals surface area contributed by atoms with Crippen LogP contribution in [-0.4, -0.2) is 34.2 Å². The number of aliphatic hydroxyl groups excluding tert-OH is 1. The smallest absolute Gasteiger partial charge is 0.253 e. The molecule has 1 aromatic heterocycles. The molecule has 1 unspecified atom stereocenters. The number of amides is 1. The van der Waals surface area contributed by atoms with Crippen molar-refractivity contribution in [3.63, 3.8) is 0 Å². The number of carbonyl (C=O) groups is 1. The SMILES string of the molecule is COc1cccc(C(O)C(=O)NCCCn2ccnc2)c1. The Kier molecular flexibility index (Phi) is 5.34. The molecule has 0 saturated heterocycles. The highest BCUT2D eigenvalue weighted by molar-refractivity contribution is 5.81. The number of nitrogens with zero attached hydrogens (tertiary/aromatic N) is 2.